The van der Waals surface area contributed by atoms with Gasteiger partial charge in [-0.25, -0.2) is 9.97 Å². The van der Waals surface area contributed by atoms with Crippen molar-refractivity contribution in [2.75, 3.05) is 12.4 Å². The number of thioether (sulfide) groups is 1. The van der Waals surface area contributed by atoms with Crippen LogP contribution in [0.1, 0.15) is 18.1 Å². The van der Waals surface area contributed by atoms with Crippen LogP contribution in [-0.2, 0) is 22.4 Å². The van der Waals surface area contributed by atoms with Crippen LogP contribution in [0.4, 0.5) is 0 Å². The molecule has 132 valence electrons. The highest BCUT2D eigenvalue weighted by molar-refractivity contribution is 7.99. The van der Waals surface area contributed by atoms with Crippen molar-refractivity contribution in [3.05, 3.63) is 52.9 Å². The maximum absolute atomic E-state index is 11.7. The second-order valence-electron chi connectivity index (χ2n) is 5.91. The largest absolute Gasteiger partial charge is 0.465 e. The Bertz CT molecular complexity index is 939. The third-order valence-corrected chi connectivity index (χ3v) is 5.98. The SMILES string of the molecule is CCOC(=O)CSc1nc(-c2cccs2)c2c(n1)-c1ccccc1CC2. The molecule has 4 nitrogen and oxygen atoms in total. The van der Waals surface area contributed by atoms with Crippen molar-refractivity contribution < 1.29 is 9.53 Å². The summed E-state index contributed by atoms with van der Waals surface area (Å²) in [5.74, 6) is -0.0186. The molecule has 0 N–H and O–H groups in total. The standard InChI is InChI=1S/C20H18N2O2S2/c1-2-24-17(23)12-26-20-21-18-14-7-4-3-6-13(14)9-10-15(18)19(22-20)16-8-5-11-25-16/h3-8,11H,2,9-10,12H2,1H3. The molecule has 0 atom stereocenters. The first-order valence-electron chi connectivity index (χ1n) is 8.57. The van der Waals surface area contributed by atoms with E-state index in [1.165, 1.54) is 28.5 Å². The van der Waals surface area contributed by atoms with E-state index in [1.54, 1.807) is 11.3 Å². The molecule has 1 aliphatic rings. The Kier molecular flexibility index (Phi) is 5.04. The third kappa shape index (κ3) is 3.39. The number of ether oxygens (including phenoxy) is 1. The number of aromatic nitrogens is 2. The van der Waals surface area contributed by atoms with E-state index in [0.717, 1.165) is 29.1 Å². The molecule has 0 radical (unpaired) electrons. The van der Waals surface area contributed by atoms with E-state index in [9.17, 15) is 4.79 Å². The Morgan fingerprint density at radius 2 is 2.00 bits per heavy atom. The van der Waals surface area contributed by atoms with Crippen LogP contribution >= 0.6 is 23.1 Å². The summed E-state index contributed by atoms with van der Waals surface area (Å²) in [5.41, 5.74) is 5.68. The third-order valence-electron chi connectivity index (χ3n) is 4.28. The maximum Gasteiger partial charge on any atom is 0.316 e. The lowest BCUT2D eigenvalue weighted by Gasteiger charge is -2.21. The number of hydrogen-bond donors (Lipinski definition) is 0. The number of rotatable bonds is 5. The molecule has 4 rings (SSSR count). The van der Waals surface area contributed by atoms with Crippen LogP contribution in [0.25, 0.3) is 21.8 Å². The smallest absolute Gasteiger partial charge is 0.316 e. The summed E-state index contributed by atoms with van der Waals surface area (Å²) in [6.07, 6.45) is 1.93. The molecule has 0 saturated carbocycles. The maximum atomic E-state index is 11.7. The summed E-state index contributed by atoms with van der Waals surface area (Å²) in [4.78, 5) is 22.5. The van der Waals surface area contributed by atoms with Gasteiger partial charge in [0.2, 0.25) is 0 Å². The van der Waals surface area contributed by atoms with Crippen LogP contribution < -0.4 is 0 Å². The number of carbonyl (C=O) groups is 1. The van der Waals surface area contributed by atoms with Crippen molar-refractivity contribution in [3.8, 4) is 21.8 Å². The minimum Gasteiger partial charge on any atom is -0.465 e. The van der Waals surface area contributed by atoms with Crippen molar-refractivity contribution in [2.24, 2.45) is 0 Å². The van der Waals surface area contributed by atoms with Crippen LogP contribution in [0.15, 0.2) is 46.9 Å². The molecule has 2 aromatic heterocycles. The molecule has 3 aromatic rings. The molecular formula is C20H18N2O2S2. The fourth-order valence-corrected chi connectivity index (χ4v) is 4.54. The zero-order valence-corrected chi connectivity index (χ0v) is 16.0. The molecule has 0 amide bonds. The zero-order chi connectivity index (χ0) is 17.9. The van der Waals surface area contributed by atoms with E-state index in [1.807, 2.05) is 19.1 Å². The molecular weight excluding hydrogens is 364 g/mol. The van der Waals surface area contributed by atoms with E-state index in [2.05, 4.69) is 29.6 Å². The van der Waals surface area contributed by atoms with Crippen LogP contribution in [0, 0.1) is 0 Å². The summed E-state index contributed by atoms with van der Waals surface area (Å²) in [6.45, 7) is 2.20. The molecule has 6 heteroatoms. The predicted octanol–water partition coefficient (Wildman–Crippen LogP) is 4.63. The molecule has 0 unspecified atom stereocenters. The zero-order valence-electron chi connectivity index (χ0n) is 14.4. The quantitative estimate of drug-likeness (QED) is 0.366. The summed E-state index contributed by atoms with van der Waals surface area (Å²) >= 11 is 3.02. The average Bonchev–Trinajstić information content (AvgIpc) is 3.20. The Labute approximate surface area is 160 Å². The van der Waals surface area contributed by atoms with E-state index < -0.39 is 0 Å². The van der Waals surface area contributed by atoms with Gasteiger partial charge in [0.1, 0.15) is 0 Å². The second-order valence-corrected chi connectivity index (χ2v) is 7.80. The van der Waals surface area contributed by atoms with E-state index in [0.29, 0.717) is 11.8 Å². The lowest BCUT2D eigenvalue weighted by atomic mass is 9.88. The van der Waals surface area contributed by atoms with Gasteiger partial charge in [0.15, 0.2) is 5.16 Å². The monoisotopic (exact) mass is 382 g/mol. The highest BCUT2D eigenvalue weighted by Crippen LogP contribution is 2.39. The molecule has 0 bridgehead atoms. The Hall–Kier alpha value is -2.18. The minimum atomic E-state index is -0.239. The number of fused-ring (bicyclic) bond motifs is 3. The van der Waals surface area contributed by atoms with Crippen molar-refractivity contribution in [1.29, 1.82) is 0 Å². The van der Waals surface area contributed by atoms with Gasteiger partial charge in [-0.3, -0.25) is 4.79 Å². The number of benzene rings is 1. The van der Waals surface area contributed by atoms with Crippen LogP contribution in [0.3, 0.4) is 0 Å². The van der Waals surface area contributed by atoms with Gasteiger partial charge in [0.05, 0.1) is 28.6 Å². The predicted molar refractivity (Wildman–Crippen MR) is 106 cm³/mol. The van der Waals surface area contributed by atoms with Gasteiger partial charge < -0.3 is 4.74 Å². The number of thiophene rings is 1. The topological polar surface area (TPSA) is 52.1 Å². The Morgan fingerprint density at radius 1 is 1.15 bits per heavy atom. The van der Waals surface area contributed by atoms with Gasteiger partial charge in [0, 0.05) is 11.1 Å². The highest BCUT2D eigenvalue weighted by atomic mass is 32.2. The highest BCUT2D eigenvalue weighted by Gasteiger charge is 2.23. The first-order valence-corrected chi connectivity index (χ1v) is 10.4. The lowest BCUT2D eigenvalue weighted by Crippen LogP contribution is -2.11. The van der Waals surface area contributed by atoms with Crippen molar-refractivity contribution in [3.63, 3.8) is 0 Å². The fraction of sp³-hybridized carbons (Fsp3) is 0.250. The summed E-state index contributed by atoms with van der Waals surface area (Å²) in [5, 5.41) is 2.68. The number of carbonyl (C=O) groups excluding carboxylic acids is 1. The van der Waals surface area contributed by atoms with Crippen LogP contribution in [0.2, 0.25) is 0 Å². The van der Waals surface area contributed by atoms with Gasteiger partial charge in [-0.05, 0) is 36.8 Å². The fourth-order valence-electron chi connectivity index (χ4n) is 3.16. The number of esters is 1. The first kappa shape index (κ1) is 17.2. The lowest BCUT2D eigenvalue weighted by molar-refractivity contribution is -0.139. The van der Waals surface area contributed by atoms with Gasteiger partial charge >= 0.3 is 5.97 Å². The van der Waals surface area contributed by atoms with Crippen molar-refractivity contribution in [1.82, 2.24) is 9.97 Å². The van der Waals surface area contributed by atoms with Gasteiger partial charge in [0.25, 0.3) is 0 Å². The normalized spacial score (nSPS) is 12.3. The molecule has 1 aromatic carbocycles. The van der Waals surface area contributed by atoms with Crippen molar-refractivity contribution >= 4 is 29.1 Å². The number of nitrogens with zero attached hydrogens (tertiary/aromatic N) is 2. The van der Waals surface area contributed by atoms with Crippen LogP contribution in [0.5, 0.6) is 0 Å². The molecule has 26 heavy (non-hydrogen) atoms. The molecule has 0 aliphatic heterocycles. The van der Waals surface area contributed by atoms with Gasteiger partial charge in [-0.2, -0.15) is 0 Å². The molecule has 0 fully saturated rings. The molecule has 0 saturated heterocycles. The first-order chi connectivity index (χ1) is 12.8. The Morgan fingerprint density at radius 3 is 2.81 bits per heavy atom. The van der Waals surface area contributed by atoms with Gasteiger partial charge in [-0.15, -0.1) is 11.3 Å². The van der Waals surface area contributed by atoms with E-state index in [4.69, 9.17) is 14.7 Å². The Balaban J connectivity index is 1.78. The van der Waals surface area contributed by atoms with Crippen molar-refractivity contribution in [2.45, 2.75) is 24.9 Å². The van der Waals surface area contributed by atoms with Gasteiger partial charge in [-0.1, -0.05) is 42.1 Å². The molecule has 2 heterocycles. The summed E-state index contributed by atoms with van der Waals surface area (Å²) in [6, 6.07) is 12.5. The summed E-state index contributed by atoms with van der Waals surface area (Å²) in [7, 11) is 0. The number of aryl methyl sites for hydroxylation is 1. The van der Waals surface area contributed by atoms with Crippen LogP contribution in [-0.4, -0.2) is 28.3 Å². The minimum absolute atomic E-state index is 0.220. The second kappa shape index (κ2) is 7.60. The summed E-state index contributed by atoms with van der Waals surface area (Å²) < 4.78 is 5.02. The number of hydrogen-bond acceptors (Lipinski definition) is 6. The van der Waals surface area contributed by atoms with E-state index in [-0.39, 0.29) is 11.7 Å². The van der Waals surface area contributed by atoms with E-state index >= 15 is 0 Å². The average molecular weight is 383 g/mol. The molecule has 1 aliphatic carbocycles. The molecule has 0 spiro atoms.